The number of benzene rings is 3. The third kappa shape index (κ3) is 8.66. The van der Waals surface area contributed by atoms with Gasteiger partial charge in [0, 0.05) is 31.1 Å². The summed E-state index contributed by atoms with van der Waals surface area (Å²) < 4.78 is 10.9. The number of hydrogen-bond donors (Lipinski definition) is 3. The second-order valence-electron chi connectivity index (χ2n) is 10.3. The summed E-state index contributed by atoms with van der Waals surface area (Å²) in [5.41, 5.74) is 4.33. The number of hydrogen-bond acceptors (Lipinski definition) is 6. The number of likely N-dealkylation sites (N-methyl/N-ethyl adjacent to an activating group) is 1. The van der Waals surface area contributed by atoms with Crippen molar-refractivity contribution in [1.29, 1.82) is 0 Å². The van der Waals surface area contributed by atoms with Gasteiger partial charge in [0.2, 0.25) is 0 Å². The highest BCUT2D eigenvalue weighted by Gasteiger charge is 2.34. The molecule has 0 unspecified atom stereocenters. The molecule has 0 aromatic heterocycles. The van der Waals surface area contributed by atoms with Crippen LogP contribution >= 0.6 is 34.8 Å². The van der Waals surface area contributed by atoms with Crippen molar-refractivity contribution < 1.29 is 24.5 Å². The zero-order valence-electron chi connectivity index (χ0n) is 22.9. The first-order valence-corrected chi connectivity index (χ1v) is 14.6. The highest BCUT2D eigenvalue weighted by atomic mass is 35.6. The summed E-state index contributed by atoms with van der Waals surface area (Å²) in [6.07, 6.45) is -1.08. The lowest BCUT2D eigenvalue weighted by Crippen LogP contribution is -2.43. The van der Waals surface area contributed by atoms with Crippen molar-refractivity contribution in [2.45, 2.75) is 60.9 Å². The minimum Gasteiger partial charge on any atom is -0.392 e. The van der Waals surface area contributed by atoms with Crippen LogP contribution in [0.15, 0.2) is 78.9 Å². The first-order chi connectivity index (χ1) is 19.5. The number of aliphatic hydroxyl groups is 2. The van der Waals surface area contributed by atoms with Gasteiger partial charge in [-0.25, -0.2) is 0 Å². The largest absolute Gasteiger partial charge is 0.392 e. The number of nitrogens with one attached hydrogen (secondary N) is 1. The van der Waals surface area contributed by atoms with Crippen LogP contribution in [-0.4, -0.2) is 50.6 Å². The zero-order chi connectivity index (χ0) is 29.6. The Balaban J connectivity index is 1.49. The van der Waals surface area contributed by atoms with E-state index < -0.39 is 22.1 Å². The van der Waals surface area contributed by atoms with Gasteiger partial charge >= 0.3 is 0 Å². The summed E-state index contributed by atoms with van der Waals surface area (Å²) in [5, 5.41) is 23.0. The molecule has 0 saturated carbocycles. The van der Waals surface area contributed by atoms with E-state index in [1.165, 1.54) is 0 Å². The van der Waals surface area contributed by atoms with Crippen LogP contribution in [0.25, 0.3) is 0 Å². The second-order valence-corrected chi connectivity index (χ2v) is 12.6. The van der Waals surface area contributed by atoms with Gasteiger partial charge in [0.25, 0.3) is 9.70 Å². The molecule has 0 radical (unpaired) electrons. The Labute approximate surface area is 255 Å². The molecule has 3 aromatic carbocycles. The Morgan fingerprint density at radius 1 is 0.976 bits per heavy atom. The number of alkyl halides is 3. The first-order valence-electron chi connectivity index (χ1n) is 13.4. The summed E-state index contributed by atoms with van der Waals surface area (Å²) >= 11 is 16.9. The Morgan fingerprint density at radius 3 is 2.20 bits per heavy atom. The SMILES string of the molecule is C[C@H]([C@@H](O)c1ccccc1)N(C)C[C@H]1C[C@@H](c2ccc(CO)cc2)O[C@@H](c2ccc(CNC(=O)C(Cl)(Cl)Cl)cc2)O1. The van der Waals surface area contributed by atoms with Crippen molar-refractivity contribution in [3.05, 3.63) is 107 Å². The van der Waals surface area contributed by atoms with Crippen LogP contribution in [0, 0.1) is 0 Å². The maximum absolute atomic E-state index is 11.9. The molecule has 10 heteroatoms. The molecule has 1 aliphatic heterocycles. The average molecular weight is 622 g/mol. The minimum absolute atomic E-state index is 0.0267. The molecule has 1 heterocycles. The van der Waals surface area contributed by atoms with Gasteiger partial charge in [0.15, 0.2) is 6.29 Å². The van der Waals surface area contributed by atoms with E-state index in [0.717, 1.165) is 27.8 Å². The number of aliphatic hydroxyl groups excluding tert-OH is 2. The van der Waals surface area contributed by atoms with Crippen LogP contribution < -0.4 is 5.32 Å². The maximum atomic E-state index is 11.9. The van der Waals surface area contributed by atoms with Gasteiger partial charge in [-0.1, -0.05) is 114 Å². The number of amides is 1. The highest BCUT2D eigenvalue weighted by Crippen LogP contribution is 2.38. The third-order valence-corrected chi connectivity index (χ3v) is 7.88. The molecule has 1 saturated heterocycles. The molecule has 7 nitrogen and oxygen atoms in total. The second kappa shape index (κ2) is 14.3. The molecule has 1 aliphatic rings. The summed E-state index contributed by atoms with van der Waals surface area (Å²) in [6.45, 7) is 2.76. The van der Waals surface area contributed by atoms with Crippen LogP contribution in [0.4, 0.5) is 0 Å². The van der Waals surface area contributed by atoms with Crippen LogP contribution in [-0.2, 0) is 27.4 Å². The molecule has 0 bridgehead atoms. The molecule has 1 fully saturated rings. The molecule has 1 amide bonds. The number of carbonyl (C=O) groups excluding carboxylic acids is 1. The van der Waals surface area contributed by atoms with E-state index in [2.05, 4.69) is 10.2 Å². The topological polar surface area (TPSA) is 91.3 Å². The Bertz CT molecular complexity index is 1260. The van der Waals surface area contributed by atoms with E-state index in [1.807, 2.05) is 92.8 Å². The van der Waals surface area contributed by atoms with E-state index in [-0.39, 0.29) is 31.4 Å². The fourth-order valence-electron chi connectivity index (χ4n) is 4.77. The average Bonchev–Trinajstić information content (AvgIpc) is 2.99. The normalized spacial score (nSPS) is 20.9. The number of halogens is 3. The quantitative estimate of drug-likeness (QED) is 0.249. The number of nitrogens with zero attached hydrogens (tertiary/aromatic N) is 1. The predicted molar refractivity (Wildman–Crippen MR) is 160 cm³/mol. The molecule has 3 aromatic rings. The third-order valence-electron chi connectivity index (χ3n) is 7.36. The van der Waals surface area contributed by atoms with Crippen LogP contribution in [0.1, 0.15) is 59.7 Å². The van der Waals surface area contributed by atoms with Crippen molar-refractivity contribution in [2.75, 3.05) is 13.6 Å². The van der Waals surface area contributed by atoms with Crippen molar-refractivity contribution >= 4 is 40.7 Å². The lowest BCUT2D eigenvalue weighted by molar-refractivity contribution is -0.253. The van der Waals surface area contributed by atoms with Crippen molar-refractivity contribution in [3.63, 3.8) is 0 Å². The van der Waals surface area contributed by atoms with Gasteiger partial charge in [-0.2, -0.15) is 0 Å². The Morgan fingerprint density at radius 2 is 1.59 bits per heavy atom. The van der Waals surface area contributed by atoms with E-state index in [1.54, 1.807) is 0 Å². The smallest absolute Gasteiger partial charge is 0.272 e. The van der Waals surface area contributed by atoms with Crippen LogP contribution in [0.3, 0.4) is 0 Å². The lowest BCUT2D eigenvalue weighted by Gasteiger charge is -2.39. The zero-order valence-corrected chi connectivity index (χ0v) is 25.2. The summed E-state index contributed by atoms with van der Waals surface area (Å²) in [5.74, 6) is -0.695. The highest BCUT2D eigenvalue weighted by molar-refractivity contribution is 6.76. The molecular weight excluding hydrogens is 587 g/mol. The van der Waals surface area contributed by atoms with Gasteiger partial charge in [0.05, 0.1) is 24.9 Å². The van der Waals surface area contributed by atoms with Gasteiger partial charge in [-0.15, -0.1) is 0 Å². The van der Waals surface area contributed by atoms with E-state index in [0.29, 0.717) is 13.0 Å². The maximum Gasteiger partial charge on any atom is 0.272 e. The molecule has 5 atom stereocenters. The van der Waals surface area contributed by atoms with E-state index in [9.17, 15) is 15.0 Å². The van der Waals surface area contributed by atoms with Gasteiger partial charge in [0.1, 0.15) is 0 Å². The summed E-state index contributed by atoms with van der Waals surface area (Å²) in [4.78, 5) is 14.0. The van der Waals surface area contributed by atoms with Crippen molar-refractivity contribution in [2.24, 2.45) is 0 Å². The molecule has 3 N–H and O–H groups in total. The molecule has 220 valence electrons. The van der Waals surface area contributed by atoms with Gasteiger partial charge in [-0.05, 0) is 36.2 Å². The van der Waals surface area contributed by atoms with Gasteiger partial charge < -0.3 is 25.0 Å². The number of ether oxygens (including phenoxy) is 2. The Hall–Kier alpha value is -2.20. The van der Waals surface area contributed by atoms with Crippen LogP contribution in [0.5, 0.6) is 0 Å². The molecule has 41 heavy (non-hydrogen) atoms. The van der Waals surface area contributed by atoms with Crippen molar-refractivity contribution in [1.82, 2.24) is 10.2 Å². The standard InChI is InChI=1S/C31H35Cl3N2O5/c1-20(28(38)24-6-4-3-5-7-24)36(2)18-26-16-27(23-12-10-22(19-37)11-13-23)41-29(40-26)25-14-8-21(9-15-25)17-35-30(39)31(32,33)34/h3-15,20,26-29,37-38H,16-19H2,1-2H3,(H,35,39)/t20-,26-,27+,28-,29+/m1/s1. The van der Waals surface area contributed by atoms with E-state index >= 15 is 0 Å². The number of carbonyl (C=O) groups is 1. The molecule has 0 spiro atoms. The lowest BCUT2D eigenvalue weighted by atomic mass is 9.98. The van der Waals surface area contributed by atoms with Crippen molar-refractivity contribution in [3.8, 4) is 0 Å². The summed E-state index contributed by atoms with van der Waals surface area (Å²) in [7, 11) is 1.98. The van der Waals surface area contributed by atoms with E-state index in [4.69, 9.17) is 44.3 Å². The fraction of sp³-hybridized carbons (Fsp3) is 0.387. The first kappa shape index (κ1) is 31.7. The molecule has 0 aliphatic carbocycles. The predicted octanol–water partition coefficient (Wildman–Crippen LogP) is 5.76. The van der Waals surface area contributed by atoms with Gasteiger partial charge in [-0.3, -0.25) is 9.69 Å². The Kier molecular flexibility index (Phi) is 11.1. The fourth-order valence-corrected chi connectivity index (χ4v) is 4.97. The monoisotopic (exact) mass is 620 g/mol. The molecule has 4 rings (SSSR count). The molecular formula is C31H35Cl3N2O5. The minimum atomic E-state index is -2.02. The van der Waals surface area contributed by atoms with Crippen LogP contribution in [0.2, 0.25) is 0 Å². The summed E-state index contributed by atoms with van der Waals surface area (Å²) in [6, 6.07) is 24.7. The number of rotatable bonds is 10.